The van der Waals surface area contributed by atoms with Gasteiger partial charge in [-0.3, -0.25) is 9.59 Å². The third-order valence-corrected chi connectivity index (χ3v) is 6.99. The van der Waals surface area contributed by atoms with Crippen LogP contribution in [0.5, 0.6) is 0 Å². The van der Waals surface area contributed by atoms with E-state index in [2.05, 4.69) is 10.6 Å². The van der Waals surface area contributed by atoms with Crippen molar-refractivity contribution in [2.75, 3.05) is 19.8 Å². The van der Waals surface area contributed by atoms with Crippen molar-refractivity contribution in [3.63, 3.8) is 0 Å². The Labute approximate surface area is 232 Å². The monoisotopic (exact) mass is 602 g/mol. The minimum absolute atomic E-state index is 0.648. The summed E-state index contributed by atoms with van der Waals surface area (Å²) in [5, 5.41) is 107. The highest BCUT2D eigenvalue weighted by atomic mass is 16.8. The molecule has 15 atom stereocenters. The summed E-state index contributed by atoms with van der Waals surface area (Å²) in [5.41, 5.74) is 0. The first-order chi connectivity index (χ1) is 19.2. The number of hydrogen-bond donors (Lipinski definition) is 12. The molecule has 0 radical (unpaired) electrons. The van der Waals surface area contributed by atoms with Crippen molar-refractivity contribution < 1.29 is 84.3 Å². The van der Waals surface area contributed by atoms with Gasteiger partial charge in [-0.1, -0.05) is 0 Å². The molecule has 0 aliphatic carbocycles. The molecule has 19 nitrogen and oxygen atoms in total. The number of aliphatic hydroxyl groups is 10. The summed E-state index contributed by atoms with van der Waals surface area (Å²) in [6.45, 7) is -0.517. The minimum Gasteiger partial charge on any atom is -0.394 e. The van der Waals surface area contributed by atoms with Crippen molar-refractivity contribution in [2.24, 2.45) is 0 Å². The van der Waals surface area contributed by atoms with Gasteiger partial charge in [0.05, 0.1) is 19.8 Å². The van der Waals surface area contributed by atoms with Crippen LogP contribution in [0.15, 0.2) is 0 Å². The summed E-state index contributed by atoms with van der Waals surface area (Å²) in [7, 11) is 0. The van der Waals surface area contributed by atoms with Crippen LogP contribution in [-0.4, -0.2) is 174 Å². The third kappa shape index (κ3) is 7.12. The van der Waals surface area contributed by atoms with Gasteiger partial charge in [0.2, 0.25) is 11.8 Å². The molecule has 3 aliphatic heterocycles. The number of nitrogens with one attached hydrogen (secondary N) is 2. The zero-order valence-electron chi connectivity index (χ0n) is 22.0. The molecular weight excluding hydrogens is 564 g/mol. The molecular formula is C22H38N2O17. The maximum Gasteiger partial charge on any atom is 0.311 e. The average molecular weight is 603 g/mol. The lowest BCUT2D eigenvalue weighted by Crippen LogP contribution is -2.72. The quantitative estimate of drug-likeness (QED) is 0.109. The Morgan fingerprint density at radius 1 is 0.732 bits per heavy atom. The molecule has 12 N–H and O–H groups in total. The van der Waals surface area contributed by atoms with Crippen molar-refractivity contribution in [3.8, 4) is 0 Å². The van der Waals surface area contributed by atoms with Gasteiger partial charge in [-0.25, -0.2) is 0 Å². The standard InChI is InChI=1S/C22H38N2O17/c1-6(28)23-11-14(31)17(9(4-26)37-20(11)35)39-21-12(24-7(2)29)15(32)18(10(5-27)38-21)41-22(36)19(34)16(33)13(30)8(3-25)40-22/h8-21,25-27,30-36H,3-5H2,1-2H3,(H,23,28)(H,24,29)/t8-,9-,10-,11-,12-,13-,14-,15-,16+,17-,18-,19+,20-,21+,22+/m1/s1. The van der Waals surface area contributed by atoms with E-state index >= 15 is 0 Å². The molecule has 3 heterocycles. The van der Waals surface area contributed by atoms with Crippen LogP contribution in [0.3, 0.4) is 0 Å². The van der Waals surface area contributed by atoms with E-state index in [-0.39, 0.29) is 0 Å². The van der Waals surface area contributed by atoms with Crippen molar-refractivity contribution >= 4 is 11.8 Å². The summed E-state index contributed by atoms with van der Waals surface area (Å²) in [6.07, 6.45) is -21.5. The number of carbonyl (C=O) groups excluding carboxylic acids is 2. The highest BCUT2D eigenvalue weighted by Gasteiger charge is 2.59. The van der Waals surface area contributed by atoms with Crippen LogP contribution in [0.1, 0.15) is 13.8 Å². The SMILES string of the molecule is CC(=O)N[C@@H]1[C@@H](O)[C@H](O[C@@H]2O[C@H](CO)[C@@H](O[C@@]3(O)O[C@H](CO)[C@@H](O)[C@H](O)[C@@H]3O)[C@H](O)[C@H]2NC(C)=O)[C@@H](CO)O[C@H]1O. The summed E-state index contributed by atoms with van der Waals surface area (Å²) in [5.74, 6) is -4.56. The lowest BCUT2D eigenvalue weighted by Gasteiger charge is -2.51. The smallest absolute Gasteiger partial charge is 0.311 e. The molecule has 3 saturated heterocycles. The van der Waals surface area contributed by atoms with E-state index in [0.717, 1.165) is 13.8 Å². The highest BCUT2D eigenvalue weighted by Crippen LogP contribution is 2.35. The maximum absolute atomic E-state index is 12.0. The first-order valence-corrected chi connectivity index (χ1v) is 12.7. The molecule has 19 heteroatoms. The van der Waals surface area contributed by atoms with Gasteiger partial charge in [0.25, 0.3) is 0 Å². The van der Waals surface area contributed by atoms with E-state index in [1.54, 1.807) is 0 Å². The highest BCUT2D eigenvalue weighted by molar-refractivity contribution is 5.73. The normalized spacial score (nSPS) is 47.0. The Morgan fingerprint density at radius 3 is 1.78 bits per heavy atom. The van der Waals surface area contributed by atoms with Crippen molar-refractivity contribution in [1.82, 2.24) is 10.6 Å². The predicted octanol–water partition coefficient (Wildman–Crippen LogP) is -7.97. The number of amides is 2. The molecule has 0 saturated carbocycles. The van der Waals surface area contributed by atoms with Crippen LogP contribution in [0, 0.1) is 0 Å². The molecule has 3 aliphatic rings. The zero-order valence-corrected chi connectivity index (χ0v) is 22.0. The maximum atomic E-state index is 12.0. The van der Waals surface area contributed by atoms with E-state index in [0.29, 0.717) is 0 Å². The number of aliphatic hydroxyl groups excluding tert-OH is 9. The van der Waals surface area contributed by atoms with E-state index in [1.807, 2.05) is 0 Å². The molecule has 2 amide bonds. The van der Waals surface area contributed by atoms with Crippen LogP contribution >= 0.6 is 0 Å². The summed E-state index contributed by atoms with van der Waals surface area (Å²) < 4.78 is 27.1. The molecule has 41 heavy (non-hydrogen) atoms. The predicted molar refractivity (Wildman–Crippen MR) is 126 cm³/mol. The second-order valence-electron chi connectivity index (χ2n) is 9.99. The number of hydrogen-bond acceptors (Lipinski definition) is 17. The fraction of sp³-hybridized carbons (Fsp3) is 0.909. The third-order valence-electron chi connectivity index (χ3n) is 6.99. The van der Waals surface area contributed by atoms with Gasteiger partial charge in [-0.15, -0.1) is 0 Å². The Kier molecular flexibility index (Phi) is 11.4. The number of ether oxygens (including phenoxy) is 5. The molecule has 0 aromatic heterocycles. The lowest BCUT2D eigenvalue weighted by molar-refractivity contribution is -0.472. The van der Waals surface area contributed by atoms with E-state index in [4.69, 9.17) is 23.7 Å². The Hall–Kier alpha value is -1.66. The van der Waals surface area contributed by atoms with Crippen LogP contribution in [0.2, 0.25) is 0 Å². The van der Waals surface area contributed by atoms with Crippen LogP contribution in [-0.2, 0) is 33.3 Å². The fourth-order valence-corrected chi connectivity index (χ4v) is 4.93. The van der Waals surface area contributed by atoms with Crippen LogP contribution < -0.4 is 10.6 Å². The second kappa shape index (κ2) is 13.8. The van der Waals surface area contributed by atoms with Crippen molar-refractivity contribution in [1.29, 1.82) is 0 Å². The summed E-state index contributed by atoms with van der Waals surface area (Å²) in [6, 6.07) is -3.04. The van der Waals surface area contributed by atoms with E-state index in [9.17, 15) is 60.7 Å². The van der Waals surface area contributed by atoms with Gasteiger partial charge in [0, 0.05) is 13.8 Å². The molecule has 0 aromatic rings. The molecule has 3 fully saturated rings. The summed E-state index contributed by atoms with van der Waals surface area (Å²) >= 11 is 0. The van der Waals surface area contributed by atoms with Crippen LogP contribution in [0.25, 0.3) is 0 Å². The summed E-state index contributed by atoms with van der Waals surface area (Å²) in [4.78, 5) is 23.6. The fourth-order valence-electron chi connectivity index (χ4n) is 4.93. The van der Waals surface area contributed by atoms with Gasteiger partial charge in [0.15, 0.2) is 18.7 Å². The van der Waals surface area contributed by atoms with Gasteiger partial charge >= 0.3 is 5.97 Å². The molecule has 0 spiro atoms. The molecule has 0 aromatic carbocycles. The second-order valence-corrected chi connectivity index (χ2v) is 9.99. The molecule has 0 unspecified atom stereocenters. The Bertz CT molecular complexity index is 898. The molecule has 0 bridgehead atoms. The Morgan fingerprint density at radius 2 is 1.24 bits per heavy atom. The molecule has 238 valence electrons. The largest absolute Gasteiger partial charge is 0.394 e. The zero-order chi connectivity index (χ0) is 30.8. The number of carbonyl (C=O) groups is 2. The van der Waals surface area contributed by atoms with E-state index in [1.165, 1.54) is 0 Å². The Balaban J connectivity index is 1.89. The first kappa shape index (κ1) is 33.8. The van der Waals surface area contributed by atoms with Gasteiger partial charge in [-0.05, 0) is 0 Å². The first-order valence-electron chi connectivity index (χ1n) is 12.7. The lowest BCUT2D eigenvalue weighted by atomic mass is 9.93. The van der Waals surface area contributed by atoms with E-state index < -0.39 is 123 Å². The van der Waals surface area contributed by atoms with Crippen molar-refractivity contribution in [3.05, 3.63) is 0 Å². The number of rotatable bonds is 9. The van der Waals surface area contributed by atoms with Gasteiger partial charge < -0.3 is 85.4 Å². The van der Waals surface area contributed by atoms with Crippen LogP contribution in [0.4, 0.5) is 0 Å². The van der Waals surface area contributed by atoms with Gasteiger partial charge in [-0.2, -0.15) is 0 Å². The van der Waals surface area contributed by atoms with Crippen molar-refractivity contribution in [2.45, 2.75) is 106 Å². The minimum atomic E-state index is -3.17. The van der Waals surface area contributed by atoms with Gasteiger partial charge in [0.1, 0.15) is 67.0 Å². The average Bonchev–Trinajstić information content (AvgIpc) is 2.91. The molecule has 3 rings (SSSR count). The topological polar surface area (TPSA) is 307 Å².